The summed E-state index contributed by atoms with van der Waals surface area (Å²) in [6.45, 7) is 0. The zero-order valence-electron chi connectivity index (χ0n) is 9.79. The first-order valence-corrected chi connectivity index (χ1v) is 7.20. The molecule has 1 aromatic heterocycles. The van der Waals surface area contributed by atoms with Crippen LogP contribution in [0.1, 0.15) is 15.9 Å². The lowest BCUT2D eigenvalue weighted by molar-refractivity contribution is 0.0992. The average molecular weight is 264 g/mol. The van der Waals surface area contributed by atoms with Crippen LogP contribution in [0.15, 0.2) is 52.2 Å². The van der Waals surface area contributed by atoms with E-state index in [9.17, 15) is 13.2 Å². The molecule has 0 fully saturated rings. The summed E-state index contributed by atoms with van der Waals surface area (Å²) in [6, 6.07) is 7.66. The summed E-state index contributed by atoms with van der Waals surface area (Å²) in [5.41, 5.74) is 1.29. The van der Waals surface area contributed by atoms with E-state index in [1.165, 1.54) is 36.8 Å². The SMILES string of the molecule is CS(=O)(=O)c1ccc(C(=O)Cc2ccoc2)cc1. The molecule has 0 amide bonds. The molecule has 5 heteroatoms. The molecule has 0 radical (unpaired) electrons. The van der Waals surface area contributed by atoms with Crippen LogP contribution in [0, 0.1) is 0 Å². The van der Waals surface area contributed by atoms with E-state index >= 15 is 0 Å². The fourth-order valence-electron chi connectivity index (χ4n) is 1.57. The number of furan rings is 1. The van der Waals surface area contributed by atoms with E-state index in [1.54, 1.807) is 6.07 Å². The number of rotatable bonds is 4. The third-order valence-corrected chi connectivity index (χ3v) is 3.68. The molecule has 0 spiro atoms. The van der Waals surface area contributed by atoms with Gasteiger partial charge in [0.2, 0.25) is 0 Å². The smallest absolute Gasteiger partial charge is 0.175 e. The van der Waals surface area contributed by atoms with Gasteiger partial charge in [-0.1, -0.05) is 12.1 Å². The normalized spacial score (nSPS) is 11.4. The molecule has 0 bridgehead atoms. The van der Waals surface area contributed by atoms with Gasteiger partial charge in [0.1, 0.15) is 0 Å². The number of hydrogen-bond acceptors (Lipinski definition) is 4. The van der Waals surface area contributed by atoms with Gasteiger partial charge in [0.25, 0.3) is 0 Å². The Morgan fingerprint density at radius 1 is 1.17 bits per heavy atom. The van der Waals surface area contributed by atoms with Gasteiger partial charge in [-0.05, 0) is 23.8 Å². The lowest BCUT2D eigenvalue weighted by Crippen LogP contribution is -2.04. The van der Waals surface area contributed by atoms with Crippen molar-refractivity contribution in [1.29, 1.82) is 0 Å². The summed E-state index contributed by atoms with van der Waals surface area (Å²) in [4.78, 5) is 12.1. The Labute approximate surface area is 105 Å². The van der Waals surface area contributed by atoms with E-state index in [-0.39, 0.29) is 17.1 Å². The molecule has 0 saturated carbocycles. The van der Waals surface area contributed by atoms with Crippen molar-refractivity contribution in [3.05, 3.63) is 54.0 Å². The number of hydrogen-bond donors (Lipinski definition) is 0. The summed E-state index contributed by atoms with van der Waals surface area (Å²) in [5, 5.41) is 0. The van der Waals surface area contributed by atoms with Gasteiger partial charge in [-0.25, -0.2) is 8.42 Å². The maximum absolute atomic E-state index is 11.9. The van der Waals surface area contributed by atoms with Gasteiger partial charge in [-0.3, -0.25) is 4.79 Å². The van der Waals surface area contributed by atoms with Crippen LogP contribution in [0.4, 0.5) is 0 Å². The highest BCUT2D eigenvalue weighted by Crippen LogP contribution is 2.13. The van der Waals surface area contributed by atoms with E-state index in [1.807, 2.05) is 0 Å². The summed E-state index contributed by atoms with van der Waals surface area (Å²) < 4.78 is 27.4. The van der Waals surface area contributed by atoms with Crippen molar-refractivity contribution in [3.63, 3.8) is 0 Å². The molecule has 4 nitrogen and oxygen atoms in total. The third-order valence-electron chi connectivity index (χ3n) is 2.55. The summed E-state index contributed by atoms with van der Waals surface area (Å²) in [5.74, 6) is -0.0727. The van der Waals surface area contributed by atoms with Gasteiger partial charge in [-0.2, -0.15) is 0 Å². The number of Topliss-reactive ketones (excluding diaryl/α,β-unsaturated/α-hetero) is 1. The molecule has 94 valence electrons. The number of benzene rings is 1. The lowest BCUT2D eigenvalue weighted by Gasteiger charge is -2.01. The first-order chi connectivity index (χ1) is 8.47. The molecule has 18 heavy (non-hydrogen) atoms. The Hall–Kier alpha value is -1.88. The van der Waals surface area contributed by atoms with Crippen LogP contribution in [0.3, 0.4) is 0 Å². The maximum atomic E-state index is 11.9. The summed E-state index contributed by atoms with van der Waals surface area (Å²) >= 11 is 0. The van der Waals surface area contributed by atoms with Crippen LogP contribution in [0.25, 0.3) is 0 Å². The minimum absolute atomic E-state index is 0.0727. The molecule has 0 unspecified atom stereocenters. The third kappa shape index (κ3) is 2.87. The topological polar surface area (TPSA) is 64.3 Å². The second-order valence-electron chi connectivity index (χ2n) is 4.03. The van der Waals surface area contributed by atoms with Crippen LogP contribution in [0.5, 0.6) is 0 Å². The van der Waals surface area contributed by atoms with Crippen molar-refractivity contribution < 1.29 is 17.6 Å². The highest BCUT2D eigenvalue weighted by Gasteiger charge is 2.10. The van der Waals surface area contributed by atoms with Gasteiger partial charge >= 0.3 is 0 Å². The number of ketones is 1. The highest BCUT2D eigenvalue weighted by molar-refractivity contribution is 7.90. The quantitative estimate of drug-likeness (QED) is 0.793. The highest BCUT2D eigenvalue weighted by atomic mass is 32.2. The Morgan fingerprint density at radius 3 is 2.33 bits per heavy atom. The Morgan fingerprint density at radius 2 is 1.83 bits per heavy atom. The van der Waals surface area contributed by atoms with Crippen LogP contribution in [-0.4, -0.2) is 20.5 Å². The molecule has 1 heterocycles. The first kappa shape index (κ1) is 12.6. The van der Waals surface area contributed by atoms with Gasteiger partial charge in [-0.15, -0.1) is 0 Å². The molecule has 0 aliphatic rings. The molecule has 0 saturated heterocycles. The molecule has 0 aliphatic heterocycles. The van der Waals surface area contributed by atoms with E-state index in [4.69, 9.17) is 4.42 Å². The largest absolute Gasteiger partial charge is 0.472 e. The fourth-order valence-corrected chi connectivity index (χ4v) is 2.20. The molecular formula is C13H12O4S. The second-order valence-corrected chi connectivity index (χ2v) is 6.04. The molecule has 2 rings (SSSR count). The van der Waals surface area contributed by atoms with Gasteiger partial charge in [0.05, 0.1) is 17.4 Å². The van der Waals surface area contributed by atoms with E-state index in [0.717, 1.165) is 11.8 Å². The second kappa shape index (κ2) is 4.78. The zero-order chi connectivity index (χ0) is 13.2. The Bertz CT molecular complexity index is 637. The van der Waals surface area contributed by atoms with E-state index in [2.05, 4.69) is 0 Å². The standard InChI is InChI=1S/C13H12O4S/c1-18(15,16)12-4-2-11(3-5-12)13(14)8-10-6-7-17-9-10/h2-7,9H,8H2,1H3. The van der Waals surface area contributed by atoms with Crippen molar-refractivity contribution in [2.45, 2.75) is 11.3 Å². The average Bonchev–Trinajstić information content (AvgIpc) is 2.81. The van der Waals surface area contributed by atoms with Crippen LogP contribution >= 0.6 is 0 Å². The van der Waals surface area contributed by atoms with Crippen LogP contribution < -0.4 is 0 Å². The van der Waals surface area contributed by atoms with Crippen LogP contribution in [-0.2, 0) is 16.3 Å². The Balaban J connectivity index is 2.17. The van der Waals surface area contributed by atoms with Gasteiger partial charge in [0.15, 0.2) is 15.6 Å². The predicted octanol–water partition coefficient (Wildman–Crippen LogP) is 2.11. The Kier molecular flexibility index (Phi) is 3.34. The predicted molar refractivity (Wildman–Crippen MR) is 66.3 cm³/mol. The molecule has 0 atom stereocenters. The van der Waals surface area contributed by atoms with E-state index in [0.29, 0.717) is 5.56 Å². The minimum Gasteiger partial charge on any atom is -0.472 e. The molecular weight excluding hydrogens is 252 g/mol. The van der Waals surface area contributed by atoms with Crippen molar-refractivity contribution in [1.82, 2.24) is 0 Å². The monoisotopic (exact) mass is 264 g/mol. The summed E-state index contributed by atoms with van der Waals surface area (Å²) in [6.07, 6.45) is 4.40. The summed E-state index contributed by atoms with van der Waals surface area (Å²) in [7, 11) is -3.22. The lowest BCUT2D eigenvalue weighted by atomic mass is 10.1. The van der Waals surface area contributed by atoms with E-state index < -0.39 is 9.84 Å². The maximum Gasteiger partial charge on any atom is 0.175 e. The molecule has 1 aromatic carbocycles. The van der Waals surface area contributed by atoms with Crippen molar-refractivity contribution in [2.24, 2.45) is 0 Å². The fraction of sp³-hybridized carbons (Fsp3) is 0.154. The number of carbonyl (C=O) groups is 1. The number of sulfone groups is 1. The van der Waals surface area contributed by atoms with Gasteiger partial charge in [0, 0.05) is 18.2 Å². The molecule has 2 aromatic rings. The molecule has 0 N–H and O–H groups in total. The van der Waals surface area contributed by atoms with Gasteiger partial charge < -0.3 is 4.42 Å². The first-order valence-electron chi connectivity index (χ1n) is 5.31. The number of carbonyl (C=O) groups excluding carboxylic acids is 1. The zero-order valence-corrected chi connectivity index (χ0v) is 10.6. The van der Waals surface area contributed by atoms with Crippen LogP contribution in [0.2, 0.25) is 0 Å². The molecule has 0 aliphatic carbocycles. The minimum atomic E-state index is -3.22. The van der Waals surface area contributed by atoms with Crippen molar-refractivity contribution >= 4 is 15.6 Å². The van der Waals surface area contributed by atoms with Crippen molar-refractivity contribution in [3.8, 4) is 0 Å². The van der Waals surface area contributed by atoms with Crippen molar-refractivity contribution in [2.75, 3.05) is 6.26 Å².